The van der Waals surface area contributed by atoms with Gasteiger partial charge in [0, 0.05) is 19.3 Å². The van der Waals surface area contributed by atoms with Gasteiger partial charge >= 0.3 is 0 Å². The van der Waals surface area contributed by atoms with Gasteiger partial charge in [0.25, 0.3) is 0 Å². The molecule has 2 rings (SSSR count). The van der Waals surface area contributed by atoms with E-state index in [0.717, 1.165) is 34.7 Å². The average Bonchev–Trinajstić information content (AvgIpc) is 2.54. The number of fused-ring (bicyclic) bond motifs is 1. The van der Waals surface area contributed by atoms with Crippen molar-refractivity contribution in [2.45, 2.75) is 12.8 Å². The molecule has 0 atom stereocenters. The number of aryl methyl sites for hydroxylation is 2. The fraction of sp³-hybridized carbons (Fsp3) is 0.364. The highest BCUT2D eigenvalue weighted by Crippen LogP contribution is 2.23. The average molecular weight is 243 g/mol. The van der Waals surface area contributed by atoms with E-state index in [1.165, 1.54) is 0 Å². The van der Waals surface area contributed by atoms with Gasteiger partial charge in [0.1, 0.15) is 5.82 Å². The lowest BCUT2D eigenvalue weighted by atomic mass is 10.3. The van der Waals surface area contributed by atoms with Crippen LogP contribution in [-0.2, 0) is 13.5 Å². The summed E-state index contributed by atoms with van der Waals surface area (Å²) in [5, 5.41) is 0.750. The van der Waals surface area contributed by atoms with Crippen LogP contribution in [0.1, 0.15) is 12.2 Å². The standard InChI is InChI=1S/C11H12Cl2N2/c1-15-10(6-3-7-12)14-9-5-2-4-8(13)11(9)15/h2,4-5H,3,6-7H2,1H3. The summed E-state index contributed by atoms with van der Waals surface area (Å²) in [5.74, 6) is 1.70. The van der Waals surface area contributed by atoms with Gasteiger partial charge in [-0.05, 0) is 18.6 Å². The van der Waals surface area contributed by atoms with E-state index in [9.17, 15) is 0 Å². The Morgan fingerprint density at radius 1 is 1.40 bits per heavy atom. The molecule has 0 fully saturated rings. The van der Waals surface area contributed by atoms with Crippen LogP contribution in [0.25, 0.3) is 11.0 Å². The molecular weight excluding hydrogens is 231 g/mol. The van der Waals surface area contributed by atoms with Gasteiger partial charge in [0.2, 0.25) is 0 Å². The number of halogens is 2. The van der Waals surface area contributed by atoms with Gasteiger partial charge in [0.05, 0.1) is 16.1 Å². The van der Waals surface area contributed by atoms with Crippen molar-refractivity contribution in [3.05, 3.63) is 29.0 Å². The van der Waals surface area contributed by atoms with Crippen molar-refractivity contribution in [2.24, 2.45) is 7.05 Å². The number of imidazole rings is 1. The normalized spacial score (nSPS) is 11.1. The molecule has 1 aromatic carbocycles. The Morgan fingerprint density at radius 2 is 2.20 bits per heavy atom. The summed E-state index contributed by atoms with van der Waals surface area (Å²) in [6, 6.07) is 5.78. The highest BCUT2D eigenvalue weighted by atomic mass is 35.5. The molecule has 2 aromatic rings. The number of nitrogens with zero attached hydrogens (tertiary/aromatic N) is 2. The maximum absolute atomic E-state index is 6.12. The zero-order valence-corrected chi connectivity index (χ0v) is 10.0. The maximum Gasteiger partial charge on any atom is 0.109 e. The zero-order chi connectivity index (χ0) is 10.8. The first kappa shape index (κ1) is 10.8. The van der Waals surface area contributed by atoms with Gasteiger partial charge in [-0.15, -0.1) is 11.6 Å². The van der Waals surface area contributed by atoms with Crippen molar-refractivity contribution in [2.75, 3.05) is 5.88 Å². The minimum absolute atomic E-state index is 0.664. The smallest absolute Gasteiger partial charge is 0.109 e. The summed E-state index contributed by atoms with van der Waals surface area (Å²) in [4.78, 5) is 4.53. The van der Waals surface area contributed by atoms with Gasteiger partial charge in [-0.1, -0.05) is 17.7 Å². The molecule has 0 amide bonds. The Morgan fingerprint density at radius 3 is 2.87 bits per heavy atom. The highest BCUT2D eigenvalue weighted by molar-refractivity contribution is 6.35. The fourth-order valence-electron chi connectivity index (χ4n) is 1.72. The van der Waals surface area contributed by atoms with Crippen LogP contribution in [0, 0.1) is 0 Å². The summed E-state index contributed by atoms with van der Waals surface area (Å²) in [7, 11) is 1.99. The summed E-state index contributed by atoms with van der Waals surface area (Å²) in [6.45, 7) is 0. The molecule has 0 saturated carbocycles. The van der Waals surface area contributed by atoms with Crippen molar-refractivity contribution >= 4 is 34.2 Å². The van der Waals surface area contributed by atoms with Crippen LogP contribution in [0.3, 0.4) is 0 Å². The van der Waals surface area contributed by atoms with Crippen LogP contribution in [0.5, 0.6) is 0 Å². The molecule has 2 nitrogen and oxygen atoms in total. The molecule has 80 valence electrons. The Balaban J connectivity index is 2.50. The monoisotopic (exact) mass is 242 g/mol. The first-order chi connectivity index (χ1) is 7.24. The van der Waals surface area contributed by atoms with Crippen LogP contribution in [0.15, 0.2) is 18.2 Å². The molecule has 1 heterocycles. The predicted octanol–water partition coefficient (Wildman–Crippen LogP) is 3.40. The molecule has 0 aliphatic heterocycles. The Kier molecular flexibility index (Phi) is 3.17. The zero-order valence-electron chi connectivity index (χ0n) is 8.50. The second-order valence-electron chi connectivity index (χ2n) is 3.49. The number of benzene rings is 1. The minimum atomic E-state index is 0.664. The first-order valence-electron chi connectivity index (χ1n) is 4.90. The number of rotatable bonds is 3. The maximum atomic E-state index is 6.12. The molecule has 1 aromatic heterocycles. The van der Waals surface area contributed by atoms with Crippen LogP contribution in [0.2, 0.25) is 5.02 Å². The van der Waals surface area contributed by atoms with Crippen molar-refractivity contribution in [1.29, 1.82) is 0 Å². The molecule has 0 bridgehead atoms. The Bertz CT molecular complexity index is 477. The Hall–Kier alpha value is -0.730. The fourth-order valence-corrected chi connectivity index (χ4v) is 2.15. The summed E-state index contributed by atoms with van der Waals surface area (Å²) >= 11 is 11.8. The van der Waals surface area contributed by atoms with E-state index in [0.29, 0.717) is 5.88 Å². The van der Waals surface area contributed by atoms with E-state index in [-0.39, 0.29) is 0 Å². The molecule has 0 aliphatic carbocycles. The number of hydrogen-bond acceptors (Lipinski definition) is 1. The number of hydrogen-bond donors (Lipinski definition) is 0. The molecule has 0 aliphatic rings. The van der Waals surface area contributed by atoms with E-state index in [1.54, 1.807) is 0 Å². The van der Waals surface area contributed by atoms with Gasteiger partial charge < -0.3 is 4.57 Å². The molecule has 0 spiro atoms. The second kappa shape index (κ2) is 4.42. The van der Waals surface area contributed by atoms with Gasteiger partial charge in [-0.2, -0.15) is 0 Å². The highest BCUT2D eigenvalue weighted by Gasteiger charge is 2.09. The molecule has 4 heteroatoms. The van der Waals surface area contributed by atoms with E-state index < -0.39 is 0 Å². The van der Waals surface area contributed by atoms with E-state index in [1.807, 2.05) is 29.8 Å². The molecule has 15 heavy (non-hydrogen) atoms. The number of para-hydroxylation sites is 1. The van der Waals surface area contributed by atoms with E-state index in [4.69, 9.17) is 23.2 Å². The summed E-state index contributed by atoms with van der Waals surface area (Å²) in [6.07, 6.45) is 1.83. The quantitative estimate of drug-likeness (QED) is 0.755. The van der Waals surface area contributed by atoms with Crippen molar-refractivity contribution in [1.82, 2.24) is 9.55 Å². The molecule has 0 N–H and O–H groups in total. The molecule has 0 saturated heterocycles. The summed E-state index contributed by atoms with van der Waals surface area (Å²) < 4.78 is 2.05. The third-order valence-electron chi connectivity index (χ3n) is 2.47. The molecule has 0 unspecified atom stereocenters. The van der Waals surface area contributed by atoms with Crippen molar-refractivity contribution in [3.63, 3.8) is 0 Å². The van der Waals surface area contributed by atoms with Crippen LogP contribution in [-0.4, -0.2) is 15.4 Å². The SMILES string of the molecule is Cn1c(CCCCl)nc2cccc(Cl)c21. The van der Waals surface area contributed by atoms with E-state index >= 15 is 0 Å². The van der Waals surface area contributed by atoms with E-state index in [2.05, 4.69) is 4.98 Å². The lowest BCUT2D eigenvalue weighted by Gasteiger charge is -2.01. The largest absolute Gasteiger partial charge is 0.330 e. The van der Waals surface area contributed by atoms with Gasteiger partial charge in [-0.25, -0.2) is 4.98 Å². The topological polar surface area (TPSA) is 17.8 Å². The van der Waals surface area contributed by atoms with Crippen molar-refractivity contribution < 1.29 is 0 Å². The van der Waals surface area contributed by atoms with Crippen LogP contribution in [0.4, 0.5) is 0 Å². The van der Waals surface area contributed by atoms with Crippen molar-refractivity contribution in [3.8, 4) is 0 Å². The predicted molar refractivity (Wildman–Crippen MR) is 64.8 cm³/mol. The third-order valence-corrected chi connectivity index (χ3v) is 3.04. The lowest BCUT2D eigenvalue weighted by Crippen LogP contribution is -1.98. The number of alkyl halides is 1. The minimum Gasteiger partial charge on any atom is -0.330 e. The van der Waals surface area contributed by atoms with Gasteiger partial charge in [0.15, 0.2) is 0 Å². The Labute approximate surface area is 98.8 Å². The lowest BCUT2D eigenvalue weighted by molar-refractivity contribution is 0.775. The van der Waals surface area contributed by atoms with Crippen LogP contribution >= 0.6 is 23.2 Å². The van der Waals surface area contributed by atoms with Gasteiger partial charge in [-0.3, -0.25) is 0 Å². The summed E-state index contributed by atoms with van der Waals surface area (Å²) in [5.41, 5.74) is 1.96. The molecular formula is C11H12Cl2N2. The first-order valence-corrected chi connectivity index (χ1v) is 5.81. The van der Waals surface area contributed by atoms with Crippen LogP contribution < -0.4 is 0 Å². The molecule has 0 radical (unpaired) electrons. The number of aromatic nitrogens is 2. The second-order valence-corrected chi connectivity index (χ2v) is 4.27. The third kappa shape index (κ3) is 1.97.